The molecule has 1 saturated carbocycles. The number of piperidine rings is 1. The zero-order valence-corrected chi connectivity index (χ0v) is 20.3. The highest BCUT2D eigenvalue weighted by molar-refractivity contribution is 7.89. The van der Waals surface area contributed by atoms with E-state index in [0.29, 0.717) is 32.4 Å². The van der Waals surface area contributed by atoms with Crippen LogP contribution >= 0.6 is 0 Å². The van der Waals surface area contributed by atoms with Gasteiger partial charge in [-0.2, -0.15) is 4.31 Å². The molecule has 1 saturated heterocycles. The van der Waals surface area contributed by atoms with E-state index >= 15 is 0 Å². The van der Waals surface area contributed by atoms with Crippen LogP contribution in [0.2, 0.25) is 0 Å². The number of fused-ring (bicyclic) bond motifs is 1. The Hall–Kier alpha value is -2.71. The third-order valence-corrected chi connectivity index (χ3v) is 8.99. The molecule has 34 heavy (non-hydrogen) atoms. The first-order valence-electron chi connectivity index (χ1n) is 12.1. The first kappa shape index (κ1) is 23.1. The molecular formula is C26H31N3O4S. The van der Waals surface area contributed by atoms with Gasteiger partial charge < -0.3 is 10.2 Å². The number of nitrogens with one attached hydrogen (secondary N) is 1. The Bertz CT molecular complexity index is 1190. The first-order valence-corrected chi connectivity index (χ1v) is 13.6. The molecular weight excluding hydrogens is 450 g/mol. The van der Waals surface area contributed by atoms with E-state index in [0.717, 1.165) is 29.7 Å². The molecule has 5 rings (SSSR count). The molecule has 0 unspecified atom stereocenters. The summed E-state index contributed by atoms with van der Waals surface area (Å²) in [5.41, 5.74) is 2.75. The Morgan fingerprint density at radius 1 is 1.03 bits per heavy atom. The van der Waals surface area contributed by atoms with E-state index in [4.69, 9.17) is 0 Å². The molecule has 2 aromatic rings. The van der Waals surface area contributed by atoms with Gasteiger partial charge in [0.15, 0.2) is 0 Å². The minimum absolute atomic E-state index is 0.0359. The van der Waals surface area contributed by atoms with Crippen molar-refractivity contribution in [1.82, 2.24) is 9.62 Å². The highest BCUT2D eigenvalue weighted by Crippen LogP contribution is 2.40. The van der Waals surface area contributed by atoms with Gasteiger partial charge in [0, 0.05) is 37.3 Å². The van der Waals surface area contributed by atoms with Gasteiger partial charge in [-0.15, -0.1) is 0 Å². The zero-order valence-electron chi connectivity index (χ0n) is 19.4. The van der Waals surface area contributed by atoms with E-state index < -0.39 is 10.0 Å². The number of hydrogen-bond donors (Lipinski definition) is 1. The summed E-state index contributed by atoms with van der Waals surface area (Å²) in [4.78, 5) is 27.6. The Balaban J connectivity index is 1.28. The molecule has 7 nitrogen and oxygen atoms in total. The Morgan fingerprint density at radius 3 is 2.53 bits per heavy atom. The fourth-order valence-electron chi connectivity index (χ4n) is 5.08. The normalized spacial score (nSPS) is 22.9. The molecule has 2 aliphatic heterocycles. The SMILES string of the molecule is C[C@@H]1Cc2cc(S(=O)(=O)N3CCC[C@@H](C(=O)NCc4ccccc4)C3)ccc2N1C(=O)C1CC1. The predicted molar refractivity (Wildman–Crippen MR) is 130 cm³/mol. The average molecular weight is 482 g/mol. The monoisotopic (exact) mass is 481 g/mol. The van der Waals surface area contributed by atoms with Crippen LogP contribution in [-0.2, 0) is 32.6 Å². The van der Waals surface area contributed by atoms with Gasteiger partial charge in [-0.05, 0) is 68.4 Å². The minimum Gasteiger partial charge on any atom is -0.352 e. The number of benzene rings is 2. The van der Waals surface area contributed by atoms with Crippen molar-refractivity contribution in [3.8, 4) is 0 Å². The number of nitrogens with zero attached hydrogens (tertiary/aromatic N) is 2. The molecule has 3 aliphatic rings. The molecule has 0 bridgehead atoms. The minimum atomic E-state index is -3.73. The molecule has 180 valence electrons. The molecule has 8 heteroatoms. The number of anilines is 1. The molecule has 2 atom stereocenters. The summed E-state index contributed by atoms with van der Waals surface area (Å²) in [5, 5.41) is 2.95. The van der Waals surface area contributed by atoms with E-state index in [-0.39, 0.29) is 41.1 Å². The van der Waals surface area contributed by atoms with E-state index in [1.165, 1.54) is 4.31 Å². The lowest BCUT2D eigenvalue weighted by atomic mass is 9.99. The lowest BCUT2D eigenvalue weighted by Gasteiger charge is -2.31. The Labute approximate surface area is 201 Å². The van der Waals surface area contributed by atoms with Gasteiger partial charge in [-0.3, -0.25) is 9.59 Å². The van der Waals surface area contributed by atoms with Gasteiger partial charge in [0.25, 0.3) is 0 Å². The Kier molecular flexibility index (Phi) is 6.20. The zero-order chi connectivity index (χ0) is 23.9. The van der Waals surface area contributed by atoms with Gasteiger partial charge in [0.05, 0.1) is 10.8 Å². The lowest BCUT2D eigenvalue weighted by Crippen LogP contribution is -2.45. The third-order valence-electron chi connectivity index (χ3n) is 7.13. The van der Waals surface area contributed by atoms with Crippen molar-refractivity contribution in [3.63, 3.8) is 0 Å². The quantitative estimate of drug-likeness (QED) is 0.687. The van der Waals surface area contributed by atoms with Crippen LogP contribution in [0.25, 0.3) is 0 Å². The molecule has 0 spiro atoms. The van der Waals surface area contributed by atoms with Crippen molar-refractivity contribution < 1.29 is 18.0 Å². The van der Waals surface area contributed by atoms with Crippen LogP contribution in [0.15, 0.2) is 53.4 Å². The summed E-state index contributed by atoms with van der Waals surface area (Å²) in [6.45, 7) is 3.03. The number of hydrogen-bond acceptors (Lipinski definition) is 4. The second-order valence-electron chi connectivity index (χ2n) is 9.73. The van der Waals surface area contributed by atoms with Crippen LogP contribution < -0.4 is 10.2 Å². The van der Waals surface area contributed by atoms with Gasteiger partial charge >= 0.3 is 0 Å². The highest BCUT2D eigenvalue weighted by atomic mass is 32.2. The largest absolute Gasteiger partial charge is 0.352 e. The third kappa shape index (κ3) is 4.49. The number of carbonyl (C=O) groups is 2. The van der Waals surface area contributed by atoms with Crippen LogP contribution in [0.3, 0.4) is 0 Å². The van der Waals surface area contributed by atoms with Crippen LogP contribution in [0, 0.1) is 11.8 Å². The molecule has 2 amide bonds. The first-order chi connectivity index (χ1) is 16.3. The van der Waals surface area contributed by atoms with Gasteiger partial charge in [-0.25, -0.2) is 8.42 Å². The maximum atomic E-state index is 13.5. The fourth-order valence-corrected chi connectivity index (χ4v) is 6.66. The van der Waals surface area contributed by atoms with Crippen molar-refractivity contribution in [2.45, 2.75) is 56.5 Å². The van der Waals surface area contributed by atoms with Crippen molar-refractivity contribution in [3.05, 3.63) is 59.7 Å². The second kappa shape index (κ2) is 9.15. The maximum Gasteiger partial charge on any atom is 0.243 e. The van der Waals surface area contributed by atoms with Crippen LogP contribution in [0.1, 0.15) is 43.7 Å². The van der Waals surface area contributed by atoms with Crippen LogP contribution in [-0.4, -0.2) is 43.7 Å². The standard InChI is InChI=1S/C26H31N3O4S/c1-18-14-22-15-23(11-12-24(22)29(18)26(31)20-9-10-20)34(32,33)28-13-5-8-21(17-28)25(30)27-16-19-6-3-2-4-7-19/h2-4,6-7,11-12,15,18,20-21H,5,8-10,13-14,16-17H2,1H3,(H,27,30)/t18-,21-/m1/s1. The Morgan fingerprint density at radius 2 is 1.79 bits per heavy atom. The summed E-state index contributed by atoms with van der Waals surface area (Å²) >= 11 is 0. The summed E-state index contributed by atoms with van der Waals surface area (Å²) in [5.74, 6) is -0.202. The summed E-state index contributed by atoms with van der Waals surface area (Å²) < 4.78 is 28.4. The van der Waals surface area contributed by atoms with Gasteiger partial charge in [0.1, 0.15) is 0 Å². The van der Waals surface area contributed by atoms with Crippen LogP contribution in [0.5, 0.6) is 0 Å². The molecule has 0 radical (unpaired) electrons. The van der Waals surface area contributed by atoms with Crippen molar-refractivity contribution in [2.24, 2.45) is 11.8 Å². The van der Waals surface area contributed by atoms with Crippen molar-refractivity contribution in [1.29, 1.82) is 0 Å². The molecule has 1 aliphatic carbocycles. The van der Waals surface area contributed by atoms with E-state index in [1.807, 2.05) is 42.2 Å². The molecule has 0 aromatic heterocycles. The predicted octanol–water partition coefficient (Wildman–Crippen LogP) is 3.09. The van der Waals surface area contributed by atoms with Gasteiger partial charge in [0.2, 0.25) is 21.8 Å². The van der Waals surface area contributed by atoms with E-state index in [1.54, 1.807) is 18.2 Å². The maximum absolute atomic E-state index is 13.5. The van der Waals surface area contributed by atoms with E-state index in [2.05, 4.69) is 5.32 Å². The van der Waals surface area contributed by atoms with Crippen molar-refractivity contribution in [2.75, 3.05) is 18.0 Å². The van der Waals surface area contributed by atoms with Crippen molar-refractivity contribution >= 4 is 27.5 Å². The van der Waals surface area contributed by atoms with Crippen LogP contribution in [0.4, 0.5) is 5.69 Å². The average Bonchev–Trinajstić information content (AvgIpc) is 3.64. The molecule has 2 fully saturated rings. The van der Waals surface area contributed by atoms with Gasteiger partial charge in [-0.1, -0.05) is 30.3 Å². The lowest BCUT2D eigenvalue weighted by molar-refractivity contribution is -0.126. The number of sulfonamides is 1. The summed E-state index contributed by atoms with van der Waals surface area (Å²) in [6, 6.07) is 14.8. The number of carbonyl (C=O) groups excluding carboxylic acids is 2. The molecule has 2 heterocycles. The highest BCUT2D eigenvalue weighted by Gasteiger charge is 2.40. The summed E-state index contributed by atoms with van der Waals surface area (Å²) in [6.07, 6.45) is 3.86. The number of amides is 2. The summed E-state index contributed by atoms with van der Waals surface area (Å²) in [7, 11) is -3.73. The molecule has 2 aromatic carbocycles. The second-order valence-corrected chi connectivity index (χ2v) is 11.7. The molecule has 1 N–H and O–H groups in total. The number of rotatable bonds is 6. The van der Waals surface area contributed by atoms with E-state index in [9.17, 15) is 18.0 Å². The smallest absolute Gasteiger partial charge is 0.243 e. The fraction of sp³-hybridized carbons (Fsp3) is 0.462. The topological polar surface area (TPSA) is 86.8 Å².